The lowest BCUT2D eigenvalue weighted by atomic mass is 10.2. The van der Waals surface area contributed by atoms with Crippen molar-refractivity contribution in [2.75, 3.05) is 25.6 Å². The third-order valence-electron chi connectivity index (χ3n) is 2.92. The average molecular weight is 300 g/mol. The van der Waals surface area contributed by atoms with E-state index >= 15 is 0 Å². The summed E-state index contributed by atoms with van der Waals surface area (Å²) in [5.41, 5.74) is -0.634. The van der Waals surface area contributed by atoms with Gasteiger partial charge in [0.05, 0.1) is 13.7 Å². The summed E-state index contributed by atoms with van der Waals surface area (Å²) in [6.07, 6.45) is -4.53. The number of benzene rings is 1. The van der Waals surface area contributed by atoms with E-state index in [1.807, 2.05) is 0 Å². The minimum absolute atomic E-state index is 0.0309. The SMILES string of the molecule is COc1ccc(N/C(=C(/C)C2=NCCO2)C(F)(F)F)cc1. The predicted octanol–water partition coefficient (Wildman–Crippen LogP) is 3.37. The van der Waals surface area contributed by atoms with Crippen LogP contribution in [-0.2, 0) is 4.74 Å². The quantitative estimate of drug-likeness (QED) is 0.927. The number of hydrogen-bond acceptors (Lipinski definition) is 4. The molecule has 21 heavy (non-hydrogen) atoms. The van der Waals surface area contributed by atoms with Crippen molar-refractivity contribution in [2.24, 2.45) is 4.99 Å². The Bertz CT molecular complexity index is 563. The fraction of sp³-hybridized carbons (Fsp3) is 0.357. The molecule has 0 unspecified atom stereocenters. The fourth-order valence-electron chi connectivity index (χ4n) is 1.86. The van der Waals surface area contributed by atoms with E-state index in [0.717, 1.165) is 0 Å². The molecule has 0 fully saturated rings. The largest absolute Gasteiger partial charge is 0.497 e. The summed E-state index contributed by atoms with van der Waals surface area (Å²) in [5, 5.41) is 2.39. The molecule has 0 aromatic heterocycles. The lowest BCUT2D eigenvalue weighted by molar-refractivity contribution is -0.0908. The molecule has 4 nitrogen and oxygen atoms in total. The number of hydrogen-bond donors (Lipinski definition) is 1. The van der Waals surface area contributed by atoms with E-state index in [1.54, 1.807) is 12.1 Å². The molecular formula is C14H15F3N2O2. The maximum absolute atomic E-state index is 13.2. The molecule has 1 aromatic carbocycles. The monoisotopic (exact) mass is 300 g/mol. The fourth-order valence-corrected chi connectivity index (χ4v) is 1.86. The van der Waals surface area contributed by atoms with Crippen molar-refractivity contribution >= 4 is 11.6 Å². The van der Waals surface area contributed by atoms with E-state index in [-0.39, 0.29) is 11.5 Å². The van der Waals surface area contributed by atoms with Gasteiger partial charge in [-0.2, -0.15) is 13.2 Å². The molecule has 1 N–H and O–H groups in total. The van der Waals surface area contributed by atoms with Crippen LogP contribution in [0.2, 0.25) is 0 Å². The van der Waals surface area contributed by atoms with Crippen LogP contribution in [0.5, 0.6) is 5.75 Å². The molecular weight excluding hydrogens is 285 g/mol. The second-order valence-corrected chi connectivity index (χ2v) is 4.39. The third kappa shape index (κ3) is 3.68. The summed E-state index contributed by atoms with van der Waals surface area (Å²) in [6, 6.07) is 6.18. The van der Waals surface area contributed by atoms with Gasteiger partial charge in [-0.1, -0.05) is 0 Å². The van der Waals surface area contributed by atoms with Crippen LogP contribution < -0.4 is 10.1 Å². The van der Waals surface area contributed by atoms with Crippen molar-refractivity contribution in [2.45, 2.75) is 13.1 Å². The van der Waals surface area contributed by atoms with Crippen LogP contribution in [0.4, 0.5) is 18.9 Å². The number of aliphatic imine (C=N–C) groups is 1. The van der Waals surface area contributed by atoms with Gasteiger partial charge in [0.25, 0.3) is 0 Å². The number of rotatable bonds is 4. The summed E-state index contributed by atoms with van der Waals surface area (Å²) in [7, 11) is 1.49. The molecule has 0 bridgehead atoms. The van der Waals surface area contributed by atoms with Crippen molar-refractivity contribution in [3.05, 3.63) is 35.5 Å². The van der Waals surface area contributed by atoms with E-state index in [9.17, 15) is 13.2 Å². The zero-order valence-corrected chi connectivity index (χ0v) is 11.6. The van der Waals surface area contributed by atoms with Crippen LogP contribution in [0.15, 0.2) is 40.5 Å². The Morgan fingerprint density at radius 1 is 1.29 bits per heavy atom. The smallest absolute Gasteiger partial charge is 0.431 e. The number of ether oxygens (including phenoxy) is 2. The second kappa shape index (κ2) is 6.07. The van der Waals surface area contributed by atoms with Gasteiger partial charge in [-0.15, -0.1) is 0 Å². The zero-order chi connectivity index (χ0) is 15.5. The van der Waals surface area contributed by atoms with Gasteiger partial charge >= 0.3 is 6.18 Å². The van der Waals surface area contributed by atoms with Crippen molar-refractivity contribution in [1.29, 1.82) is 0 Å². The first-order chi connectivity index (χ1) is 9.91. The zero-order valence-electron chi connectivity index (χ0n) is 11.6. The molecule has 1 aliphatic heterocycles. The Morgan fingerprint density at radius 2 is 1.95 bits per heavy atom. The maximum atomic E-state index is 13.2. The molecule has 0 aliphatic carbocycles. The average Bonchev–Trinajstić information content (AvgIpc) is 2.97. The number of nitrogens with zero attached hydrogens (tertiary/aromatic N) is 1. The summed E-state index contributed by atoms with van der Waals surface area (Å²) < 4.78 is 49.7. The second-order valence-electron chi connectivity index (χ2n) is 4.39. The van der Waals surface area contributed by atoms with Crippen LogP contribution in [0, 0.1) is 0 Å². The van der Waals surface area contributed by atoms with Crippen LogP contribution in [0.25, 0.3) is 0 Å². The molecule has 0 spiro atoms. The van der Waals surface area contributed by atoms with Crippen molar-refractivity contribution in [3.63, 3.8) is 0 Å². The van der Waals surface area contributed by atoms with Crippen molar-refractivity contribution in [1.82, 2.24) is 0 Å². The van der Waals surface area contributed by atoms with Crippen LogP contribution in [0.1, 0.15) is 6.92 Å². The Hall–Kier alpha value is -2.18. The van der Waals surface area contributed by atoms with Gasteiger partial charge in [0.15, 0.2) is 0 Å². The first kappa shape index (κ1) is 15.2. The first-order valence-electron chi connectivity index (χ1n) is 6.28. The molecule has 0 amide bonds. The molecule has 1 aromatic rings. The Kier molecular flexibility index (Phi) is 4.40. The first-order valence-corrected chi connectivity index (χ1v) is 6.28. The van der Waals surface area contributed by atoms with Gasteiger partial charge in [-0.3, -0.25) is 0 Å². The number of allylic oxidation sites excluding steroid dienone is 1. The van der Waals surface area contributed by atoms with Crippen LogP contribution in [-0.4, -0.2) is 32.3 Å². The predicted molar refractivity (Wildman–Crippen MR) is 73.6 cm³/mol. The lowest BCUT2D eigenvalue weighted by Gasteiger charge is -2.17. The van der Waals surface area contributed by atoms with E-state index in [2.05, 4.69) is 10.3 Å². The van der Waals surface area contributed by atoms with E-state index in [1.165, 1.54) is 26.2 Å². The third-order valence-corrected chi connectivity index (χ3v) is 2.92. The number of halogens is 3. The van der Waals surface area contributed by atoms with E-state index in [4.69, 9.17) is 9.47 Å². The normalized spacial score (nSPS) is 16.0. The summed E-state index contributed by atoms with van der Waals surface area (Å²) in [4.78, 5) is 3.92. The number of alkyl halides is 3. The van der Waals surface area contributed by atoms with E-state index in [0.29, 0.717) is 24.6 Å². The van der Waals surface area contributed by atoms with Crippen molar-refractivity contribution in [3.8, 4) is 5.75 Å². The van der Waals surface area contributed by atoms with Gasteiger partial charge < -0.3 is 14.8 Å². The molecule has 7 heteroatoms. The molecule has 1 aliphatic rings. The number of nitrogens with one attached hydrogen (secondary N) is 1. The minimum atomic E-state index is -4.53. The van der Waals surface area contributed by atoms with Crippen LogP contribution in [0.3, 0.4) is 0 Å². The topological polar surface area (TPSA) is 42.8 Å². The van der Waals surface area contributed by atoms with Gasteiger partial charge in [0.2, 0.25) is 5.90 Å². The summed E-state index contributed by atoms with van der Waals surface area (Å²) in [6.45, 7) is 2.02. The van der Waals surface area contributed by atoms with Crippen molar-refractivity contribution < 1.29 is 22.6 Å². The van der Waals surface area contributed by atoms with Gasteiger partial charge in [-0.25, -0.2) is 4.99 Å². The lowest BCUT2D eigenvalue weighted by Crippen LogP contribution is -2.23. The molecule has 1 heterocycles. The van der Waals surface area contributed by atoms with Gasteiger partial charge in [-0.05, 0) is 31.2 Å². The van der Waals surface area contributed by atoms with E-state index < -0.39 is 11.9 Å². The minimum Gasteiger partial charge on any atom is -0.497 e. The standard InChI is InChI=1S/C14H15F3N2O2/c1-9(13-18-7-8-21-13)12(14(15,16)17)19-10-3-5-11(20-2)6-4-10/h3-6,19H,7-8H2,1-2H3/b12-9-. The molecule has 2 rings (SSSR count). The highest BCUT2D eigenvalue weighted by Crippen LogP contribution is 2.31. The summed E-state index contributed by atoms with van der Waals surface area (Å²) in [5.74, 6) is 0.599. The maximum Gasteiger partial charge on any atom is 0.431 e. The highest BCUT2D eigenvalue weighted by molar-refractivity contribution is 5.95. The van der Waals surface area contributed by atoms with Gasteiger partial charge in [0.1, 0.15) is 18.1 Å². The van der Waals surface area contributed by atoms with Crippen LogP contribution >= 0.6 is 0 Å². The number of methoxy groups -OCH3 is 1. The molecule has 0 radical (unpaired) electrons. The number of anilines is 1. The molecule has 114 valence electrons. The Balaban J connectivity index is 2.30. The Morgan fingerprint density at radius 3 is 2.43 bits per heavy atom. The Labute approximate surface area is 120 Å². The molecule has 0 atom stereocenters. The summed E-state index contributed by atoms with van der Waals surface area (Å²) >= 11 is 0. The molecule has 0 saturated carbocycles. The van der Waals surface area contributed by atoms with Gasteiger partial charge in [0, 0.05) is 11.3 Å². The highest BCUT2D eigenvalue weighted by atomic mass is 19.4. The molecule has 0 saturated heterocycles. The highest BCUT2D eigenvalue weighted by Gasteiger charge is 2.37.